The summed E-state index contributed by atoms with van der Waals surface area (Å²) in [5, 5.41) is 2.92. The monoisotopic (exact) mass is 243 g/mol. The molecule has 0 spiro atoms. The third-order valence-electron chi connectivity index (χ3n) is 2.61. The lowest BCUT2D eigenvalue weighted by Crippen LogP contribution is -2.52. The SMILES string of the molecule is CC1CC(NP)[CH]([AlH2])OC1C(F)(F)F. The fourth-order valence-corrected chi connectivity index (χ4v) is 3.33. The van der Waals surface area contributed by atoms with Gasteiger partial charge in [0.2, 0.25) is 0 Å². The van der Waals surface area contributed by atoms with Gasteiger partial charge in [0, 0.05) is 11.0 Å². The van der Waals surface area contributed by atoms with Crippen LogP contribution < -0.4 is 5.09 Å². The Morgan fingerprint density at radius 1 is 1.50 bits per heavy atom. The number of rotatable bonds is 1. The number of ether oxygens (including phenoxy) is 1. The average Bonchev–Trinajstić information content (AvgIpc) is 2.06. The molecule has 0 aromatic heterocycles. The first kappa shape index (κ1) is 12.7. The normalized spacial score (nSPS) is 39.8. The van der Waals surface area contributed by atoms with Gasteiger partial charge in [-0.3, -0.25) is 5.09 Å². The summed E-state index contributed by atoms with van der Waals surface area (Å²) in [5.41, 5.74) is 0. The maximum absolute atomic E-state index is 12.5. The van der Waals surface area contributed by atoms with Gasteiger partial charge in [-0.2, -0.15) is 13.2 Å². The van der Waals surface area contributed by atoms with E-state index in [4.69, 9.17) is 4.74 Å². The molecule has 2 nitrogen and oxygen atoms in total. The van der Waals surface area contributed by atoms with Gasteiger partial charge in [-0.25, -0.2) is 0 Å². The number of halogens is 3. The van der Waals surface area contributed by atoms with E-state index in [-0.39, 0.29) is 11.0 Å². The second-order valence-corrected chi connectivity index (χ2v) is 5.26. The van der Waals surface area contributed by atoms with Crippen LogP contribution in [0.1, 0.15) is 13.3 Å². The van der Waals surface area contributed by atoms with Crippen molar-refractivity contribution >= 4 is 25.7 Å². The summed E-state index contributed by atoms with van der Waals surface area (Å²) in [4.78, 5) is -0.268. The average molecular weight is 243 g/mol. The molecule has 1 N–H and O–H groups in total. The molecule has 82 valence electrons. The van der Waals surface area contributed by atoms with Gasteiger partial charge in [-0.05, 0) is 12.3 Å². The molecule has 0 aromatic rings. The third kappa shape index (κ3) is 2.84. The minimum absolute atomic E-state index is 0.0419. The van der Waals surface area contributed by atoms with E-state index < -0.39 is 18.2 Å². The van der Waals surface area contributed by atoms with E-state index >= 15 is 0 Å². The van der Waals surface area contributed by atoms with Crippen LogP contribution >= 0.6 is 9.39 Å². The minimum Gasteiger partial charge on any atom is -0.380 e. The van der Waals surface area contributed by atoms with E-state index in [0.29, 0.717) is 22.7 Å². The van der Waals surface area contributed by atoms with Crippen molar-refractivity contribution in [3.05, 3.63) is 0 Å². The predicted molar refractivity (Wildman–Crippen MR) is 53.7 cm³/mol. The molecule has 5 atom stereocenters. The van der Waals surface area contributed by atoms with Crippen molar-refractivity contribution in [1.29, 1.82) is 0 Å². The highest BCUT2D eigenvalue weighted by molar-refractivity contribution is 7.13. The summed E-state index contributed by atoms with van der Waals surface area (Å²) in [6.45, 7) is 1.58. The van der Waals surface area contributed by atoms with Crippen LogP contribution in [0.15, 0.2) is 0 Å². The van der Waals surface area contributed by atoms with Crippen molar-refractivity contribution < 1.29 is 17.9 Å². The predicted octanol–water partition coefficient (Wildman–Crippen LogP) is 0.681. The number of hydrogen-bond donors (Lipinski definition) is 1. The maximum Gasteiger partial charge on any atom is 0.414 e. The molecule has 1 fully saturated rings. The van der Waals surface area contributed by atoms with Gasteiger partial charge in [0.15, 0.2) is 6.10 Å². The van der Waals surface area contributed by atoms with Gasteiger partial charge in [-0.1, -0.05) is 16.3 Å². The highest BCUT2D eigenvalue weighted by Gasteiger charge is 2.48. The summed E-state index contributed by atoms with van der Waals surface area (Å²) in [7, 11) is 2.34. The number of hydrogen-bond acceptors (Lipinski definition) is 2. The summed E-state index contributed by atoms with van der Waals surface area (Å²) in [5.74, 6) is -0.474. The Morgan fingerprint density at radius 3 is 2.50 bits per heavy atom. The quantitative estimate of drug-likeness (QED) is 0.540. The van der Waals surface area contributed by atoms with Gasteiger partial charge >= 0.3 is 6.18 Å². The van der Waals surface area contributed by atoms with Gasteiger partial charge in [0.05, 0.1) is 0 Å². The molecule has 0 aliphatic carbocycles. The first-order chi connectivity index (χ1) is 6.36. The molecule has 5 unspecified atom stereocenters. The Labute approximate surface area is 91.6 Å². The zero-order valence-corrected chi connectivity index (χ0v) is 11.3. The Hall–Kier alpha value is 0.672. The highest BCUT2D eigenvalue weighted by atomic mass is 31.0. The van der Waals surface area contributed by atoms with Gasteiger partial charge < -0.3 is 4.74 Å². The van der Waals surface area contributed by atoms with Gasteiger partial charge in [0.25, 0.3) is 16.3 Å². The molecular weight excluding hydrogens is 229 g/mol. The summed E-state index contributed by atoms with van der Waals surface area (Å²) < 4.78 is 42.4. The van der Waals surface area contributed by atoms with E-state index in [1.165, 1.54) is 0 Å². The maximum atomic E-state index is 12.5. The lowest BCUT2D eigenvalue weighted by Gasteiger charge is -2.40. The van der Waals surface area contributed by atoms with Crippen LogP contribution in [-0.4, -0.2) is 39.6 Å². The van der Waals surface area contributed by atoms with Crippen LogP contribution in [-0.2, 0) is 4.74 Å². The first-order valence-electron chi connectivity index (χ1n) is 4.54. The van der Waals surface area contributed by atoms with Crippen molar-refractivity contribution in [2.75, 3.05) is 0 Å². The molecule has 0 amide bonds. The van der Waals surface area contributed by atoms with Crippen molar-refractivity contribution in [3.63, 3.8) is 0 Å². The Morgan fingerprint density at radius 2 is 2.07 bits per heavy atom. The van der Waals surface area contributed by atoms with Crippen LogP contribution in [0.25, 0.3) is 0 Å². The topological polar surface area (TPSA) is 21.3 Å². The van der Waals surface area contributed by atoms with E-state index in [1.54, 1.807) is 6.92 Å². The minimum atomic E-state index is -4.23. The Kier molecular flexibility index (Phi) is 4.25. The Balaban J connectivity index is 2.67. The van der Waals surface area contributed by atoms with Crippen molar-refractivity contribution in [1.82, 2.24) is 5.09 Å². The van der Waals surface area contributed by atoms with Crippen molar-refractivity contribution in [3.8, 4) is 0 Å². The molecule has 7 heteroatoms. The zero-order valence-electron chi connectivity index (χ0n) is 8.14. The largest absolute Gasteiger partial charge is 0.414 e. The van der Waals surface area contributed by atoms with Crippen LogP contribution in [0.2, 0.25) is 0 Å². The van der Waals surface area contributed by atoms with E-state index in [9.17, 15) is 13.2 Å². The van der Waals surface area contributed by atoms with Crippen LogP contribution in [0.4, 0.5) is 13.2 Å². The second kappa shape index (κ2) is 4.67. The molecule has 1 aliphatic heterocycles. The fraction of sp³-hybridized carbons (Fsp3) is 1.00. The second-order valence-electron chi connectivity index (χ2n) is 3.79. The van der Waals surface area contributed by atoms with Crippen molar-refractivity contribution in [2.24, 2.45) is 5.92 Å². The highest BCUT2D eigenvalue weighted by Crippen LogP contribution is 2.35. The van der Waals surface area contributed by atoms with Crippen molar-refractivity contribution in [2.45, 2.75) is 36.6 Å². The molecule has 1 aliphatic rings. The molecule has 0 bridgehead atoms. The molecule has 14 heavy (non-hydrogen) atoms. The van der Waals surface area contributed by atoms with Crippen LogP contribution in [0.5, 0.6) is 0 Å². The van der Waals surface area contributed by atoms with Gasteiger partial charge in [0.1, 0.15) is 0 Å². The summed E-state index contributed by atoms with van der Waals surface area (Å²) in [6, 6.07) is 0.0419. The van der Waals surface area contributed by atoms with E-state index in [2.05, 4.69) is 14.5 Å². The summed E-state index contributed by atoms with van der Waals surface area (Å²) in [6.07, 6.45) is -5.30. The molecule has 0 radical (unpaired) electrons. The third-order valence-corrected chi connectivity index (χ3v) is 4.11. The zero-order chi connectivity index (χ0) is 10.9. The van der Waals surface area contributed by atoms with Crippen LogP contribution in [0.3, 0.4) is 0 Å². The first-order valence-corrected chi connectivity index (χ1v) is 6.27. The van der Waals surface area contributed by atoms with E-state index in [1.807, 2.05) is 0 Å². The fourth-order valence-electron chi connectivity index (χ4n) is 1.78. The van der Waals surface area contributed by atoms with Gasteiger partial charge in [-0.15, -0.1) is 0 Å². The summed E-state index contributed by atoms with van der Waals surface area (Å²) >= 11 is 0.609. The lowest BCUT2D eigenvalue weighted by atomic mass is 9.93. The standard InChI is InChI=1S/C7H12F3NOP.Al.2H/c1-4-2-5(11-13)3-12-6(4)7(8,9)10;;;/h3-6,11H,2,13H2,1H3;;;. The molecular formula is C7H14AlF3NOP. The van der Waals surface area contributed by atoms with Crippen LogP contribution in [0, 0.1) is 5.92 Å². The number of nitrogens with one attached hydrogen (secondary N) is 1. The molecule has 0 saturated carbocycles. The lowest BCUT2D eigenvalue weighted by molar-refractivity contribution is -0.253. The Bertz CT molecular complexity index is 204. The molecule has 1 rings (SSSR count). The molecule has 0 aromatic carbocycles. The molecule has 1 heterocycles. The number of alkyl halides is 3. The molecule has 1 saturated heterocycles. The smallest absolute Gasteiger partial charge is 0.380 e. The van der Waals surface area contributed by atoms with E-state index in [0.717, 1.165) is 0 Å².